The van der Waals surface area contributed by atoms with Crippen LogP contribution in [0.5, 0.6) is 0 Å². The summed E-state index contributed by atoms with van der Waals surface area (Å²) in [5.74, 6) is 0.164. The molecular weight excluding hydrogens is 511 g/mol. The Kier molecular flexibility index (Phi) is 6.51. The SMILES string of the molecule is CN=CC(=CN)C1=C2C[C@H](NS(=O)(=O)C3CC3)CN2C(c2nccs2)=N[C@H]1c1ccc(F)cc1Cl. The Hall–Kier alpha value is -2.60. The monoisotopic (exact) mass is 534 g/mol. The summed E-state index contributed by atoms with van der Waals surface area (Å²) in [6.07, 6.45) is 6.57. The zero-order valence-corrected chi connectivity index (χ0v) is 21.2. The predicted molar refractivity (Wildman–Crippen MR) is 137 cm³/mol. The minimum Gasteiger partial charge on any atom is -0.404 e. The highest BCUT2D eigenvalue weighted by Gasteiger charge is 2.43. The number of amidine groups is 1. The second-order valence-corrected chi connectivity index (χ2v) is 11.9. The number of nitrogens with one attached hydrogen (secondary N) is 1. The van der Waals surface area contributed by atoms with Crippen molar-refractivity contribution in [1.29, 1.82) is 0 Å². The molecule has 3 heterocycles. The van der Waals surface area contributed by atoms with Gasteiger partial charge in [0.1, 0.15) is 11.9 Å². The topological polar surface area (TPSA) is 113 Å². The molecule has 8 nitrogen and oxygen atoms in total. The van der Waals surface area contributed by atoms with Gasteiger partial charge in [0.15, 0.2) is 10.8 Å². The summed E-state index contributed by atoms with van der Waals surface area (Å²) >= 11 is 7.93. The van der Waals surface area contributed by atoms with Gasteiger partial charge in [-0.3, -0.25) is 9.98 Å². The van der Waals surface area contributed by atoms with E-state index in [9.17, 15) is 12.8 Å². The Morgan fingerprint density at radius 3 is 2.83 bits per heavy atom. The lowest BCUT2D eigenvalue weighted by Gasteiger charge is -2.33. The van der Waals surface area contributed by atoms with Crippen molar-refractivity contribution in [1.82, 2.24) is 14.6 Å². The van der Waals surface area contributed by atoms with Crippen LogP contribution in [0.1, 0.15) is 35.9 Å². The highest BCUT2D eigenvalue weighted by molar-refractivity contribution is 7.90. The van der Waals surface area contributed by atoms with Crippen molar-refractivity contribution in [2.24, 2.45) is 15.7 Å². The maximum atomic E-state index is 13.9. The van der Waals surface area contributed by atoms with Crippen LogP contribution in [0.3, 0.4) is 0 Å². The fraction of sp³-hybridized carbons (Fsp3) is 0.348. The molecule has 3 aliphatic rings. The van der Waals surface area contributed by atoms with Crippen LogP contribution in [0.25, 0.3) is 0 Å². The summed E-state index contributed by atoms with van der Waals surface area (Å²) in [6.45, 7) is 0.397. The Bertz CT molecular complexity index is 1370. The molecule has 2 aromatic rings. The maximum Gasteiger partial charge on any atom is 0.214 e. The number of fused-ring (bicyclic) bond motifs is 1. The standard InChI is InChI=1S/C23H24ClFN6O2S2/c1-27-11-13(10-26)20-19-9-15(30-35(32,33)16-3-4-16)12-31(19)22(23-28-6-7-34-23)29-21(20)17-5-2-14(25)8-18(17)24/h2,5-8,10-11,15-16,21,30H,3-4,9,12,26H2,1H3/t15-,21-/m0/s1. The summed E-state index contributed by atoms with van der Waals surface area (Å²) in [6, 6.07) is 3.25. The Labute approximate surface area is 212 Å². The normalized spacial score (nSPS) is 23.2. The Morgan fingerprint density at radius 2 is 2.20 bits per heavy atom. The first kappa shape index (κ1) is 24.1. The van der Waals surface area contributed by atoms with Crippen LogP contribution in [0.2, 0.25) is 5.02 Å². The second-order valence-electron chi connectivity index (χ2n) is 8.60. The van der Waals surface area contributed by atoms with Crippen molar-refractivity contribution < 1.29 is 12.8 Å². The quantitative estimate of drug-likeness (QED) is 0.529. The lowest BCUT2D eigenvalue weighted by atomic mass is 9.89. The molecule has 2 atom stereocenters. The molecule has 3 N–H and O–H groups in total. The van der Waals surface area contributed by atoms with E-state index in [1.807, 2.05) is 10.3 Å². The average Bonchev–Trinajstić information content (AvgIpc) is 3.40. The van der Waals surface area contributed by atoms with Crippen LogP contribution in [0, 0.1) is 5.82 Å². The van der Waals surface area contributed by atoms with Gasteiger partial charge in [-0.05, 0) is 30.5 Å². The zero-order chi connectivity index (χ0) is 24.7. The van der Waals surface area contributed by atoms with Crippen molar-refractivity contribution in [3.63, 3.8) is 0 Å². The second kappa shape index (κ2) is 9.45. The number of sulfonamides is 1. The molecule has 0 spiro atoms. The van der Waals surface area contributed by atoms with Crippen molar-refractivity contribution in [2.75, 3.05) is 13.6 Å². The van der Waals surface area contributed by atoms with Crippen molar-refractivity contribution in [2.45, 2.75) is 36.6 Å². The van der Waals surface area contributed by atoms with E-state index in [1.54, 1.807) is 25.5 Å². The molecular formula is C23H24ClFN6O2S2. The average molecular weight is 535 g/mol. The number of nitrogens with zero attached hydrogens (tertiary/aromatic N) is 4. The fourth-order valence-electron chi connectivity index (χ4n) is 4.53. The molecule has 1 saturated heterocycles. The minimum atomic E-state index is -3.40. The van der Waals surface area contributed by atoms with E-state index in [1.165, 1.54) is 29.7 Å². The number of nitrogens with two attached hydrogens (primary N) is 1. The van der Waals surface area contributed by atoms with Crippen LogP contribution in [0.4, 0.5) is 4.39 Å². The molecule has 0 bridgehead atoms. The third-order valence-electron chi connectivity index (χ3n) is 6.19. The number of aromatic nitrogens is 1. The van der Waals surface area contributed by atoms with E-state index in [2.05, 4.69) is 14.7 Å². The van der Waals surface area contributed by atoms with E-state index in [-0.39, 0.29) is 16.3 Å². The summed E-state index contributed by atoms with van der Waals surface area (Å²) < 4.78 is 42.2. The summed E-state index contributed by atoms with van der Waals surface area (Å²) in [5, 5.41) is 2.46. The third kappa shape index (κ3) is 4.65. The molecule has 2 fully saturated rings. The molecule has 1 aliphatic carbocycles. The zero-order valence-electron chi connectivity index (χ0n) is 18.9. The number of hydrogen-bond donors (Lipinski definition) is 2. The maximum absolute atomic E-state index is 13.9. The number of thiazole rings is 1. The van der Waals surface area contributed by atoms with Crippen LogP contribution >= 0.6 is 22.9 Å². The molecule has 1 aromatic carbocycles. The first-order chi connectivity index (χ1) is 16.8. The van der Waals surface area contributed by atoms with Crippen LogP contribution in [-0.4, -0.2) is 55.2 Å². The summed E-state index contributed by atoms with van der Waals surface area (Å²) in [5.41, 5.74) is 8.86. The van der Waals surface area contributed by atoms with Crippen LogP contribution < -0.4 is 10.5 Å². The highest BCUT2D eigenvalue weighted by Crippen LogP contribution is 2.44. The highest BCUT2D eigenvalue weighted by atomic mass is 35.5. The van der Waals surface area contributed by atoms with Gasteiger partial charge in [-0.1, -0.05) is 17.7 Å². The van der Waals surface area contributed by atoms with Crippen molar-refractivity contribution in [3.8, 4) is 0 Å². The number of rotatable bonds is 7. The van der Waals surface area contributed by atoms with Crippen LogP contribution in [-0.2, 0) is 10.0 Å². The van der Waals surface area contributed by atoms with Crippen LogP contribution in [0.15, 0.2) is 62.8 Å². The number of halogens is 2. The van der Waals surface area contributed by atoms with Crippen molar-refractivity contribution >= 4 is 45.0 Å². The largest absolute Gasteiger partial charge is 0.404 e. The molecule has 0 radical (unpaired) electrons. The molecule has 5 rings (SSSR count). The third-order valence-corrected chi connectivity index (χ3v) is 9.30. The molecule has 184 valence electrons. The molecule has 1 saturated carbocycles. The van der Waals surface area contributed by atoms with Gasteiger partial charge in [-0.15, -0.1) is 11.3 Å². The molecule has 12 heteroatoms. The van der Waals surface area contributed by atoms with E-state index in [4.69, 9.17) is 22.3 Å². The van der Waals surface area contributed by atoms with Gasteiger partial charge in [0.25, 0.3) is 0 Å². The molecule has 0 unspecified atom stereocenters. The van der Waals surface area contributed by atoms with Gasteiger partial charge < -0.3 is 10.6 Å². The first-order valence-electron chi connectivity index (χ1n) is 11.1. The van der Waals surface area contributed by atoms with E-state index in [0.29, 0.717) is 47.8 Å². The first-order valence-corrected chi connectivity index (χ1v) is 13.9. The van der Waals surface area contributed by atoms with Gasteiger partial charge in [0.2, 0.25) is 10.0 Å². The fourth-order valence-corrected chi connectivity index (χ4v) is 7.01. The van der Waals surface area contributed by atoms with E-state index >= 15 is 0 Å². The summed E-state index contributed by atoms with van der Waals surface area (Å²) in [7, 11) is -1.76. The lowest BCUT2D eigenvalue weighted by Crippen LogP contribution is -2.40. The van der Waals surface area contributed by atoms with E-state index in [0.717, 1.165) is 11.3 Å². The molecule has 1 aromatic heterocycles. The van der Waals surface area contributed by atoms with Gasteiger partial charge in [0.05, 0.1) is 5.25 Å². The Morgan fingerprint density at radius 1 is 1.40 bits per heavy atom. The minimum absolute atomic E-state index is 0.234. The Balaban J connectivity index is 1.67. The molecule has 2 aliphatic heterocycles. The number of benzene rings is 1. The smallest absolute Gasteiger partial charge is 0.214 e. The van der Waals surface area contributed by atoms with Gasteiger partial charge >= 0.3 is 0 Å². The number of hydrogen-bond acceptors (Lipinski definition) is 8. The predicted octanol–water partition coefficient (Wildman–Crippen LogP) is 3.39. The van der Waals surface area contributed by atoms with Gasteiger partial charge in [-0.2, -0.15) is 0 Å². The molecule has 35 heavy (non-hydrogen) atoms. The van der Waals surface area contributed by atoms with Gasteiger partial charge in [0, 0.05) is 71.9 Å². The lowest BCUT2D eigenvalue weighted by molar-refractivity contribution is 0.512. The summed E-state index contributed by atoms with van der Waals surface area (Å²) in [4.78, 5) is 15.6. The van der Waals surface area contributed by atoms with E-state index < -0.39 is 21.9 Å². The molecule has 0 amide bonds. The number of aliphatic imine (C=N–C) groups is 2. The van der Waals surface area contributed by atoms with Gasteiger partial charge in [-0.25, -0.2) is 22.5 Å². The van der Waals surface area contributed by atoms with Crippen molar-refractivity contribution in [3.05, 3.63) is 74.2 Å².